The summed E-state index contributed by atoms with van der Waals surface area (Å²) in [4.78, 5) is 37.4. The van der Waals surface area contributed by atoms with Crippen molar-refractivity contribution in [1.82, 2.24) is 9.62 Å². The lowest BCUT2D eigenvalue weighted by molar-refractivity contribution is -0.160. The topological polar surface area (TPSA) is 110 Å². The van der Waals surface area contributed by atoms with Crippen LogP contribution in [0.5, 0.6) is 0 Å². The highest BCUT2D eigenvalue weighted by molar-refractivity contribution is 7.89. The van der Waals surface area contributed by atoms with Crippen LogP contribution in [0.2, 0.25) is 0 Å². The summed E-state index contributed by atoms with van der Waals surface area (Å²) < 4.78 is 32.2. The quantitative estimate of drug-likeness (QED) is 0.539. The van der Waals surface area contributed by atoms with Crippen LogP contribution in [0.3, 0.4) is 0 Å². The molecule has 0 aliphatic carbocycles. The van der Waals surface area contributed by atoms with Gasteiger partial charge in [-0.1, -0.05) is 12.1 Å². The third-order valence-corrected chi connectivity index (χ3v) is 6.12. The van der Waals surface area contributed by atoms with Crippen LogP contribution in [0.4, 0.5) is 0 Å². The number of piperidine rings is 1. The number of nitrogens with one attached hydrogen (secondary N) is 1. The molecule has 0 aromatic heterocycles. The smallest absolute Gasteiger partial charge is 0.324 e. The van der Waals surface area contributed by atoms with Gasteiger partial charge in [0, 0.05) is 18.7 Å². The molecule has 2 rings (SSSR count). The number of carbonyl (C=O) groups is 3. The molecule has 1 aliphatic heterocycles. The zero-order valence-electron chi connectivity index (χ0n) is 16.3. The number of sulfonamides is 1. The van der Waals surface area contributed by atoms with Gasteiger partial charge in [-0.05, 0) is 52.2 Å². The first-order valence-corrected chi connectivity index (χ1v) is 10.7. The predicted molar refractivity (Wildman–Crippen MR) is 102 cm³/mol. The molecule has 1 aromatic carbocycles. The summed E-state index contributed by atoms with van der Waals surface area (Å²) in [6.45, 7) is 5.49. The minimum absolute atomic E-state index is 0.0745. The van der Waals surface area contributed by atoms with Crippen LogP contribution < -0.4 is 4.72 Å². The predicted octanol–water partition coefficient (Wildman–Crippen LogP) is 1.50. The molecule has 154 valence electrons. The van der Waals surface area contributed by atoms with Crippen molar-refractivity contribution in [3.63, 3.8) is 0 Å². The van der Waals surface area contributed by atoms with E-state index < -0.39 is 28.1 Å². The SMILES string of the molecule is CC(=O)c1ccc(S(=O)(=O)N[C@H](C)C(=O)O[C@@H](C)C(=O)N2CCCCC2)cc1. The van der Waals surface area contributed by atoms with E-state index in [2.05, 4.69) is 4.72 Å². The fraction of sp³-hybridized carbons (Fsp3) is 0.526. The molecule has 1 heterocycles. The van der Waals surface area contributed by atoms with Gasteiger partial charge in [0.2, 0.25) is 10.0 Å². The van der Waals surface area contributed by atoms with E-state index in [-0.39, 0.29) is 16.6 Å². The van der Waals surface area contributed by atoms with Crippen molar-refractivity contribution in [1.29, 1.82) is 0 Å². The molecule has 0 unspecified atom stereocenters. The van der Waals surface area contributed by atoms with Crippen molar-refractivity contribution in [2.75, 3.05) is 13.1 Å². The zero-order valence-corrected chi connectivity index (χ0v) is 17.1. The lowest BCUT2D eigenvalue weighted by atomic mass is 10.1. The Morgan fingerprint density at radius 3 is 2.14 bits per heavy atom. The van der Waals surface area contributed by atoms with Crippen molar-refractivity contribution in [3.05, 3.63) is 29.8 Å². The van der Waals surface area contributed by atoms with Gasteiger partial charge in [0.25, 0.3) is 5.91 Å². The second kappa shape index (κ2) is 9.29. The number of ketones is 1. The fourth-order valence-electron chi connectivity index (χ4n) is 2.92. The Kier molecular flexibility index (Phi) is 7.31. The molecule has 8 nitrogen and oxygen atoms in total. The Labute approximate surface area is 165 Å². The van der Waals surface area contributed by atoms with Crippen molar-refractivity contribution < 1.29 is 27.5 Å². The summed E-state index contributed by atoms with van der Waals surface area (Å²) in [5.74, 6) is -1.29. The first kappa shape index (κ1) is 22.0. The fourth-order valence-corrected chi connectivity index (χ4v) is 4.11. The number of nitrogens with zero attached hydrogens (tertiary/aromatic N) is 1. The molecular weight excluding hydrogens is 384 g/mol. The number of carbonyl (C=O) groups excluding carboxylic acids is 3. The number of hydrogen-bond donors (Lipinski definition) is 1. The van der Waals surface area contributed by atoms with Gasteiger partial charge in [0.05, 0.1) is 4.90 Å². The van der Waals surface area contributed by atoms with Gasteiger partial charge in [-0.15, -0.1) is 0 Å². The summed E-state index contributed by atoms with van der Waals surface area (Å²) in [5, 5.41) is 0. The van der Waals surface area contributed by atoms with Crippen molar-refractivity contribution >= 4 is 27.7 Å². The van der Waals surface area contributed by atoms with Crippen molar-refractivity contribution in [2.45, 2.75) is 57.1 Å². The number of amides is 1. The van der Waals surface area contributed by atoms with E-state index in [4.69, 9.17) is 4.74 Å². The Hall–Kier alpha value is -2.26. The molecule has 9 heteroatoms. The number of rotatable bonds is 7. The zero-order chi connectivity index (χ0) is 20.9. The summed E-state index contributed by atoms with van der Waals surface area (Å²) in [6, 6.07) is 4.21. The van der Waals surface area contributed by atoms with E-state index >= 15 is 0 Å². The third kappa shape index (κ3) is 5.62. The highest BCUT2D eigenvalue weighted by Crippen LogP contribution is 2.13. The molecule has 1 aliphatic rings. The summed E-state index contributed by atoms with van der Waals surface area (Å²) in [5.41, 5.74) is 0.386. The van der Waals surface area contributed by atoms with E-state index in [1.807, 2.05) is 0 Å². The average Bonchev–Trinajstić information content (AvgIpc) is 2.67. The van der Waals surface area contributed by atoms with Gasteiger partial charge < -0.3 is 9.64 Å². The number of esters is 1. The lowest BCUT2D eigenvalue weighted by Crippen LogP contribution is -2.45. The van der Waals surface area contributed by atoms with E-state index in [0.29, 0.717) is 18.7 Å². The second-order valence-electron chi connectivity index (χ2n) is 6.89. The molecule has 1 aromatic rings. The van der Waals surface area contributed by atoms with E-state index in [0.717, 1.165) is 19.3 Å². The molecule has 0 bridgehead atoms. The average molecular weight is 410 g/mol. The van der Waals surface area contributed by atoms with Crippen molar-refractivity contribution in [3.8, 4) is 0 Å². The minimum Gasteiger partial charge on any atom is -0.451 e. The van der Waals surface area contributed by atoms with E-state index in [1.165, 1.54) is 45.0 Å². The molecule has 0 radical (unpaired) electrons. The van der Waals surface area contributed by atoms with Crippen LogP contribution in [-0.2, 0) is 24.3 Å². The lowest BCUT2D eigenvalue weighted by Gasteiger charge is -2.29. The molecule has 1 saturated heterocycles. The van der Waals surface area contributed by atoms with E-state index in [9.17, 15) is 22.8 Å². The summed E-state index contributed by atoms with van der Waals surface area (Å²) in [7, 11) is -3.98. The monoisotopic (exact) mass is 410 g/mol. The van der Waals surface area contributed by atoms with Gasteiger partial charge in [0.1, 0.15) is 6.04 Å². The highest BCUT2D eigenvalue weighted by Gasteiger charge is 2.29. The van der Waals surface area contributed by atoms with Gasteiger partial charge in [-0.25, -0.2) is 8.42 Å². The van der Waals surface area contributed by atoms with Gasteiger partial charge in [0.15, 0.2) is 11.9 Å². The molecule has 0 spiro atoms. The standard InChI is InChI=1S/C19H26N2O6S/c1-13(19(24)27-15(3)18(23)21-11-5-4-6-12-21)20-28(25,26)17-9-7-16(8-10-17)14(2)22/h7-10,13,15,20H,4-6,11-12H2,1-3H3/t13-,15+/m1/s1. The maximum absolute atomic E-state index is 12.4. The highest BCUT2D eigenvalue weighted by atomic mass is 32.2. The number of likely N-dealkylation sites (tertiary alicyclic amines) is 1. The van der Waals surface area contributed by atoms with Crippen LogP contribution in [-0.4, -0.2) is 56.2 Å². The number of ether oxygens (including phenoxy) is 1. The van der Waals surface area contributed by atoms with Gasteiger partial charge in [-0.3, -0.25) is 14.4 Å². The molecule has 0 saturated carbocycles. The van der Waals surface area contributed by atoms with Crippen LogP contribution >= 0.6 is 0 Å². The molecular formula is C19H26N2O6S. The third-order valence-electron chi connectivity index (χ3n) is 4.57. The molecule has 1 N–H and O–H groups in total. The van der Waals surface area contributed by atoms with Crippen LogP contribution in [0, 0.1) is 0 Å². The Balaban J connectivity index is 1.96. The Bertz CT molecular complexity index is 828. The molecule has 1 amide bonds. The maximum atomic E-state index is 12.4. The number of Topliss-reactive ketones (excluding diaryl/α,β-unsaturated/α-hetero) is 1. The number of hydrogen-bond acceptors (Lipinski definition) is 6. The molecule has 28 heavy (non-hydrogen) atoms. The summed E-state index contributed by atoms with van der Waals surface area (Å²) >= 11 is 0. The first-order valence-electron chi connectivity index (χ1n) is 9.24. The molecule has 2 atom stereocenters. The first-order chi connectivity index (χ1) is 13.1. The van der Waals surface area contributed by atoms with Crippen LogP contribution in [0.25, 0.3) is 0 Å². The van der Waals surface area contributed by atoms with Crippen molar-refractivity contribution in [2.24, 2.45) is 0 Å². The molecule has 1 fully saturated rings. The second-order valence-corrected chi connectivity index (χ2v) is 8.60. The van der Waals surface area contributed by atoms with Gasteiger partial charge >= 0.3 is 5.97 Å². The largest absolute Gasteiger partial charge is 0.451 e. The number of benzene rings is 1. The van der Waals surface area contributed by atoms with Crippen LogP contribution in [0.15, 0.2) is 29.2 Å². The van der Waals surface area contributed by atoms with Gasteiger partial charge in [-0.2, -0.15) is 4.72 Å². The minimum atomic E-state index is -3.98. The maximum Gasteiger partial charge on any atom is 0.324 e. The van der Waals surface area contributed by atoms with E-state index in [1.54, 1.807) is 4.90 Å². The summed E-state index contributed by atoms with van der Waals surface area (Å²) in [6.07, 6.45) is 1.94. The Morgan fingerprint density at radius 1 is 1.04 bits per heavy atom. The Morgan fingerprint density at radius 2 is 1.61 bits per heavy atom. The normalized spacial score (nSPS) is 16.9. The van der Waals surface area contributed by atoms with Crippen LogP contribution in [0.1, 0.15) is 50.4 Å².